The lowest BCUT2D eigenvalue weighted by Crippen LogP contribution is -2.43. The number of nitrogens with one attached hydrogen (secondary N) is 1. The lowest BCUT2D eigenvalue weighted by atomic mass is 10.1. The van der Waals surface area contributed by atoms with Crippen LogP contribution in [0, 0.1) is 0 Å². The Balaban J connectivity index is 1.55. The van der Waals surface area contributed by atoms with Gasteiger partial charge in [0.1, 0.15) is 5.69 Å². The molecule has 1 atom stereocenters. The molecule has 6 nitrogen and oxygen atoms in total. The van der Waals surface area contributed by atoms with Crippen LogP contribution in [0.5, 0.6) is 0 Å². The summed E-state index contributed by atoms with van der Waals surface area (Å²) in [6.07, 6.45) is 7.51. The van der Waals surface area contributed by atoms with Gasteiger partial charge in [-0.25, -0.2) is 0 Å². The number of aromatic nitrogens is 3. The zero-order valence-corrected chi connectivity index (χ0v) is 14.1. The number of ether oxygens (including phenoxy) is 1. The highest BCUT2D eigenvalue weighted by atomic mass is 16.5. The molecule has 0 spiro atoms. The van der Waals surface area contributed by atoms with Gasteiger partial charge < -0.3 is 9.64 Å². The van der Waals surface area contributed by atoms with E-state index in [-0.39, 0.29) is 12.0 Å². The zero-order valence-electron chi connectivity index (χ0n) is 14.1. The molecular weight excluding hydrogens is 304 g/mol. The van der Waals surface area contributed by atoms with Gasteiger partial charge in [-0.05, 0) is 37.0 Å². The summed E-state index contributed by atoms with van der Waals surface area (Å²) in [5, 5.41) is 7.11. The molecule has 1 fully saturated rings. The summed E-state index contributed by atoms with van der Waals surface area (Å²) in [7, 11) is 0. The molecular formula is C18H24N4O2. The molecule has 2 aromatic rings. The van der Waals surface area contributed by atoms with E-state index in [4.69, 9.17) is 4.74 Å². The fraction of sp³-hybridized carbons (Fsp3) is 0.500. The summed E-state index contributed by atoms with van der Waals surface area (Å²) < 4.78 is 5.97. The van der Waals surface area contributed by atoms with E-state index >= 15 is 0 Å². The maximum atomic E-state index is 12.6. The number of likely N-dealkylation sites (tertiary alicyclic amines) is 1. The van der Waals surface area contributed by atoms with E-state index in [0.717, 1.165) is 43.5 Å². The number of H-pyrrole nitrogens is 1. The third kappa shape index (κ3) is 4.20. The molecule has 1 aliphatic rings. The van der Waals surface area contributed by atoms with Gasteiger partial charge in [0.05, 0.1) is 12.7 Å². The van der Waals surface area contributed by atoms with E-state index in [2.05, 4.69) is 22.1 Å². The maximum Gasteiger partial charge on any atom is 0.274 e. The average molecular weight is 328 g/mol. The number of piperidine rings is 1. The number of amides is 1. The van der Waals surface area contributed by atoms with Crippen molar-refractivity contribution in [2.45, 2.75) is 45.3 Å². The van der Waals surface area contributed by atoms with Crippen molar-refractivity contribution in [1.29, 1.82) is 0 Å². The fourth-order valence-corrected chi connectivity index (χ4v) is 2.99. The minimum absolute atomic E-state index is 0.0109. The highest BCUT2D eigenvalue weighted by Crippen LogP contribution is 2.17. The van der Waals surface area contributed by atoms with Gasteiger partial charge in [0, 0.05) is 31.2 Å². The Labute approximate surface area is 142 Å². The number of carbonyl (C=O) groups is 1. The van der Waals surface area contributed by atoms with Crippen LogP contribution in [0.2, 0.25) is 0 Å². The van der Waals surface area contributed by atoms with Crippen LogP contribution in [0.25, 0.3) is 0 Å². The number of aromatic amines is 1. The summed E-state index contributed by atoms with van der Waals surface area (Å²) in [6, 6.07) is 5.77. The van der Waals surface area contributed by atoms with Gasteiger partial charge in [0.2, 0.25) is 0 Å². The van der Waals surface area contributed by atoms with Crippen LogP contribution in [0.1, 0.15) is 47.9 Å². The molecule has 0 unspecified atom stereocenters. The topological polar surface area (TPSA) is 71.1 Å². The molecule has 24 heavy (non-hydrogen) atoms. The molecule has 3 heterocycles. The van der Waals surface area contributed by atoms with Crippen LogP contribution in [-0.4, -0.2) is 45.2 Å². The van der Waals surface area contributed by atoms with Crippen LogP contribution >= 0.6 is 0 Å². The second-order valence-corrected chi connectivity index (χ2v) is 6.22. The second-order valence-electron chi connectivity index (χ2n) is 6.22. The molecule has 128 valence electrons. The van der Waals surface area contributed by atoms with Gasteiger partial charge in [-0.2, -0.15) is 5.10 Å². The van der Waals surface area contributed by atoms with Crippen LogP contribution in [0.4, 0.5) is 0 Å². The van der Waals surface area contributed by atoms with Gasteiger partial charge in [-0.3, -0.25) is 14.9 Å². The Hall–Kier alpha value is -2.21. The number of hydrogen-bond acceptors (Lipinski definition) is 4. The van der Waals surface area contributed by atoms with Crippen molar-refractivity contribution in [3.63, 3.8) is 0 Å². The molecule has 1 saturated heterocycles. The molecule has 2 aromatic heterocycles. The van der Waals surface area contributed by atoms with Crippen molar-refractivity contribution in [3.8, 4) is 0 Å². The quantitative estimate of drug-likeness (QED) is 0.885. The van der Waals surface area contributed by atoms with Gasteiger partial charge in [-0.15, -0.1) is 0 Å². The molecule has 6 heteroatoms. The minimum atomic E-state index is -0.0109. The summed E-state index contributed by atoms with van der Waals surface area (Å²) >= 11 is 0. The number of pyridine rings is 1. The molecule has 0 bridgehead atoms. The first-order valence-electron chi connectivity index (χ1n) is 8.60. The molecule has 1 aliphatic heterocycles. The predicted molar refractivity (Wildman–Crippen MR) is 90.5 cm³/mol. The van der Waals surface area contributed by atoms with Gasteiger partial charge in [-0.1, -0.05) is 19.4 Å². The lowest BCUT2D eigenvalue weighted by molar-refractivity contribution is -0.00697. The first-order valence-corrected chi connectivity index (χ1v) is 8.60. The van der Waals surface area contributed by atoms with E-state index in [9.17, 15) is 4.79 Å². The second kappa shape index (κ2) is 8.06. The normalized spacial score (nSPS) is 17.9. The van der Waals surface area contributed by atoms with Crippen molar-refractivity contribution in [2.75, 3.05) is 13.1 Å². The summed E-state index contributed by atoms with van der Waals surface area (Å²) in [5.74, 6) is -0.0109. The highest BCUT2D eigenvalue weighted by molar-refractivity contribution is 5.92. The Morgan fingerprint density at radius 2 is 2.42 bits per heavy atom. The molecule has 0 aromatic carbocycles. The number of nitrogens with zero attached hydrogens (tertiary/aromatic N) is 3. The predicted octanol–water partition coefficient (Wildman–Crippen LogP) is 2.58. The highest BCUT2D eigenvalue weighted by Gasteiger charge is 2.26. The first kappa shape index (κ1) is 16.6. The van der Waals surface area contributed by atoms with Crippen LogP contribution in [0.3, 0.4) is 0 Å². The SMILES string of the molecule is CCCc1cc(C(=O)N2CCC[C@@H](OCc3cccnc3)C2)n[nH]1. The fourth-order valence-electron chi connectivity index (χ4n) is 2.99. The van der Waals surface area contributed by atoms with Gasteiger partial charge in [0.15, 0.2) is 0 Å². The number of aryl methyl sites for hydroxylation is 1. The molecule has 1 amide bonds. The molecule has 3 rings (SSSR count). The van der Waals surface area contributed by atoms with Crippen molar-refractivity contribution < 1.29 is 9.53 Å². The minimum Gasteiger partial charge on any atom is -0.372 e. The summed E-state index contributed by atoms with van der Waals surface area (Å²) in [5.41, 5.74) is 2.58. The summed E-state index contributed by atoms with van der Waals surface area (Å²) in [6.45, 7) is 4.03. The van der Waals surface area contributed by atoms with Crippen LogP contribution in [-0.2, 0) is 17.8 Å². The lowest BCUT2D eigenvalue weighted by Gasteiger charge is -2.32. The summed E-state index contributed by atoms with van der Waals surface area (Å²) in [4.78, 5) is 18.6. The first-order chi connectivity index (χ1) is 11.8. The number of hydrogen-bond donors (Lipinski definition) is 1. The van der Waals surface area contributed by atoms with Crippen molar-refractivity contribution >= 4 is 5.91 Å². The molecule has 1 N–H and O–H groups in total. The van der Waals surface area contributed by atoms with Crippen molar-refractivity contribution in [1.82, 2.24) is 20.1 Å². The van der Waals surface area contributed by atoms with Crippen LogP contribution in [0.15, 0.2) is 30.6 Å². The van der Waals surface area contributed by atoms with E-state index in [1.807, 2.05) is 29.3 Å². The van der Waals surface area contributed by atoms with Gasteiger partial charge in [0.25, 0.3) is 5.91 Å². The molecule has 0 aliphatic carbocycles. The smallest absolute Gasteiger partial charge is 0.274 e. The van der Waals surface area contributed by atoms with E-state index in [1.165, 1.54) is 0 Å². The average Bonchev–Trinajstić information content (AvgIpc) is 3.09. The Morgan fingerprint density at radius 1 is 1.50 bits per heavy atom. The number of rotatable bonds is 6. The van der Waals surface area contributed by atoms with Crippen molar-refractivity contribution in [2.24, 2.45) is 0 Å². The Kier molecular flexibility index (Phi) is 5.59. The van der Waals surface area contributed by atoms with E-state index in [1.54, 1.807) is 6.20 Å². The molecule has 0 radical (unpaired) electrons. The van der Waals surface area contributed by atoms with Gasteiger partial charge >= 0.3 is 0 Å². The van der Waals surface area contributed by atoms with E-state index in [0.29, 0.717) is 18.8 Å². The zero-order chi connectivity index (χ0) is 16.8. The third-order valence-corrected chi connectivity index (χ3v) is 4.24. The Bertz CT molecular complexity index is 656. The van der Waals surface area contributed by atoms with E-state index < -0.39 is 0 Å². The largest absolute Gasteiger partial charge is 0.372 e. The Morgan fingerprint density at radius 3 is 3.21 bits per heavy atom. The third-order valence-electron chi connectivity index (χ3n) is 4.24. The number of carbonyl (C=O) groups excluding carboxylic acids is 1. The van der Waals surface area contributed by atoms with Crippen LogP contribution < -0.4 is 0 Å². The monoisotopic (exact) mass is 328 g/mol. The van der Waals surface area contributed by atoms with Crippen molar-refractivity contribution in [3.05, 3.63) is 47.5 Å². The standard InChI is InChI=1S/C18H24N4O2/c1-2-5-15-10-17(21-20-15)18(23)22-9-4-7-16(12-22)24-13-14-6-3-8-19-11-14/h3,6,8,10-11,16H,2,4-5,7,9,12-13H2,1H3,(H,20,21)/t16-/m1/s1. The maximum absolute atomic E-state index is 12.6. The molecule has 0 saturated carbocycles.